The van der Waals surface area contributed by atoms with Gasteiger partial charge in [0.05, 0.1) is 0 Å². The lowest BCUT2D eigenvalue weighted by molar-refractivity contribution is -0.0124. The van der Waals surface area contributed by atoms with Gasteiger partial charge in [0.2, 0.25) is 5.76 Å². The second kappa shape index (κ2) is 9.94. The predicted octanol–water partition coefficient (Wildman–Crippen LogP) is 5.25. The monoisotopic (exact) mass is 481 g/mol. The summed E-state index contributed by atoms with van der Waals surface area (Å²) in [5, 5.41) is 7.58. The fourth-order valence-electron chi connectivity index (χ4n) is 7.03. The number of nitrogens with zero attached hydrogens (tertiary/aromatic N) is 2. The van der Waals surface area contributed by atoms with Gasteiger partial charge in [0, 0.05) is 17.5 Å². The predicted molar refractivity (Wildman–Crippen MR) is 131 cm³/mol. The lowest BCUT2D eigenvalue weighted by Gasteiger charge is -2.54. The van der Waals surface area contributed by atoms with Gasteiger partial charge in [0.15, 0.2) is 0 Å². The molecule has 1 N–H and O–H groups in total. The molecule has 1 aromatic carbocycles. The Morgan fingerprint density at radius 1 is 1.03 bits per heavy atom. The zero-order valence-corrected chi connectivity index (χ0v) is 20.6. The van der Waals surface area contributed by atoms with Crippen molar-refractivity contribution in [2.75, 3.05) is 26.2 Å². The third kappa shape index (κ3) is 4.74. The van der Waals surface area contributed by atoms with Crippen molar-refractivity contribution in [3.63, 3.8) is 0 Å². The summed E-state index contributed by atoms with van der Waals surface area (Å²) in [7, 11) is 0. The number of benzene rings is 1. The lowest BCUT2D eigenvalue weighted by Crippen LogP contribution is -2.55. The summed E-state index contributed by atoms with van der Waals surface area (Å²) in [6.07, 6.45) is 10.3. The molecule has 1 saturated heterocycles. The van der Waals surface area contributed by atoms with Crippen molar-refractivity contribution in [1.29, 1.82) is 0 Å². The van der Waals surface area contributed by atoms with Crippen LogP contribution in [-0.2, 0) is 0 Å². The summed E-state index contributed by atoms with van der Waals surface area (Å²) in [5.74, 6) is 3.57. The average Bonchev–Trinajstić information content (AvgIpc) is 3.24. The lowest BCUT2D eigenvalue weighted by atomic mass is 9.54. The van der Waals surface area contributed by atoms with Gasteiger partial charge in [-0.2, -0.15) is 0 Å². The van der Waals surface area contributed by atoms with E-state index in [1.807, 2.05) is 30.3 Å². The summed E-state index contributed by atoms with van der Waals surface area (Å²) in [6.45, 7) is 3.68. The SMILES string of the molecule is O=C(NC1C2CC3CC(C2)CC1C3)c1onc(OCCN2CCCCC2)c1Sc1ccccc1. The van der Waals surface area contributed by atoms with E-state index in [9.17, 15) is 4.79 Å². The molecule has 34 heavy (non-hydrogen) atoms. The molecule has 1 aliphatic heterocycles. The molecule has 1 amide bonds. The van der Waals surface area contributed by atoms with Crippen LogP contribution in [0.4, 0.5) is 0 Å². The van der Waals surface area contributed by atoms with Gasteiger partial charge in [-0.3, -0.25) is 9.69 Å². The number of carbonyl (C=O) groups is 1. The third-order valence-electron chi connectivity index (χ3n) is 8.41. The van der Waals surface area contributed by atoms with Gasteiger partial charge >= 0.3 is 0 Å². The zero-order chi connectivity index (χ0) is 22.9. The highest BCUT2D eigenvalue weighted by Crippen LogP contribution is 2.53. The molecule has 0 radical (unpaired) electrons. The Morgan fingerprint density at radius 2 is 1.74 bits per heavy atom. The van der Waals surface area contributed by atoms with Crippen LogP contribution >= 0.6 is 11.8 Å². The molecule has 7 heteroatoms. The number of aromatic nitrogens is 1. The van der Waals surface area contributed by atoms with Crippen LogP contribution in [0.2, 0.25) is 0 Å². The van der Waals surface area contributed by atoms with E-state index in [1.54, 1.807) is 0 Å². The topological polar surface area (TPSA) is 67.6 Å². The van der Waals surface area contributed by atoms with E-state index in [0.29, 0.717) is 29.2 Å². The van der Waals surface area contributed by atoms with Crippen LogP contribution in [0.15, 0.2) is 44.6 Å². The first-order valence-electron chi connectivity index (χ1n) is 13.1. The number of rotatable bonds is 8. The summed E-state index contributed by atoms with van der Waals surface area (Å²) in [4.78, 5) is 17.6. The van der Waals surface area contributed by atoms with Crippen LogP contribution in [0, 0.1) is 23.7 Å². The van der Waals surface area contributed by atoms with E-state index in [4.69, 9.17) is 9.26 Å². The zero-order valence-electron chi connectivity index (χ0n) is 19.8. The maximum absolute atomic E-state index is 13.5. The van der Waals surface area contributed by atoms with E-state index >= 15 is 0 Å². The van der Waals surface area contributed by atoms with Crippen LogP contribution in [0.25, 0.3) is 0 Å². The van der Waals surface area contributed by atoms with Gasteiger partial charge in [-0.1, -0.05) is 36.4 Å². The number of piperidine rings is 1. The third-order valence-corrected chi connectivity index (χ3v) is 9.48. The maximum atomic E-state index is 13.5. The molecule has 0 unspecified atom stereocenters. The molecule has 4 saturated carbocycles. The number of amides is 1. The highest BCUT2D eigenvalue weighted by Gasteiger charge is 2.49. The molecule has 2 aromatic rings. The summed E-state index contributed by atoms with van der Waals surface area (Å²) >= 11 is 1.50. The first-order chi connectivity index (χ1) is 16.7. The van der Waals surface area contributed by atoms with Gasteiger partial charge in [-0.05, 0) is 99.0 Å². The number of hydrogen-bond acceptors (Lipinski definition) is 6. The molecule has 182 valence electrons. The highest BCUT2D eigenvalue weighted by molar-refractivity contribution is 7.99. The number of ether oxygens (including phenoxy) is 1. The molecular weight excluding hydrogens is 446 g/mol. The summed E-state index contributed by atoms with van der Waals surface area (Å²) in [5.41, 5.74) is 0. The van der Waals surface area contributed by atoms with E-state index in [-0.39, 0.29) is 17.7 Å². The molecule has 0 atom stereocenters. The molecule has 6 nitrogen and oxygen atoms in total. The molecule has 5 aliphatic rings. The van der Waals surface area contributed by atoms with Crippen molar-refractivity contribution in [1.82, 2.24) is 15.4 Å². The first-order valence-corrected chi connectivity index (χ1v) is 13.9. The van der Waals surface area contributed by atoms with Crippen molar-refractivity contribution < 1.29 is 14.1 Å². The number of hydrogen-bond donors (Lipinski definition) is 1. The van der Waals surface area contributed by atoms with E-state index < -0.39 is 0 Å². The highest BCUT2D eigenvalue weighted by atomic mass is 32.2. The Labute approximate surface area is 206 Å². The van der Waals surface area contributed by atoms with Crippen molar-refractivity contribution in [2.24, 2.45) is 23.7 Å². The van der Waals surface area contributed by atoms with Gasteiger partial charge in [0.1, 0.15) is 11.5 Å². The molecule has 4 bridgehead atoms. The molecule has 1 aromatic heterocycles. The smallest absolute Gasteiger partial charge is 0.291 e. The van der Waals surface area contributed by atoms with Crippen LogP contribution in [0.1, 0.15) is 61.9 Å². The van der Waals surface area contributed by atoms with Crippen molar-refractivity contribution in [3.05, 3.63) is 36.1 Å². The molecule has 5 fully saturated rings. The van der Waals surface area contributed by atoms with Crippen LogP contribution in [0.3, 0.4) is 0 Å². The average molecular weight is 482 g/mol. The molecule has 0 spiro atoms. The van der Waals surface area contributed by atoms with Crippen LogP contribution < -0.4 is 10.1 Å². The number of likely N-dealkylation sites (tertiary alicyclic amines) is 1. The minimum Gasteiger partial charge on any atom is -0.473 e. The molecular formula is C27H35N3O3S. The largest absolute Gasteiger partial charge is 0.473 e. The van der Waals surface area contributed by atoms with Crippen molar-refractivity contribution in [2.45, 2.75) is 67.2 Å². The summed E-state index contributed by atoms with van der Waals surface area (Å²) in [6, 6.07) is 10.3. The minimum atomic E-state index is -0.144. The minimum absolute atomic E-state index is 0.144. The Kier molecular flexibility index (Phi) is 6.57. The normalized spacial score (nSPS) is 30.4. The van der Waals surface area contributed by atoms with E-state index in [1.165, 1.54) is 63.1 Å². The van der Waals surface area contributed by atoms with E-state index in [2.05, 4.69) is 15.4 Å². The fraction of sp³-hybridized carbons (Fsp3) is 0.630. The van der Waals surface area contributed by atoms with Crippen LogP contribution in [0.5, 0.6) is 5.88 Å². The van der Waals surface area contributed by atoms with Gasteiger partial charge < -0.3 is 14.6 Å². The Hall–Kier alpha value is -1.99. The maximum Gasteiger partial charge on any atom is 0.291 e. The number of nitrogens with one attached hydrogen (secondary N) is 1. The summed E-state index contributed by atoms with van der Waals surface area (Å²) < 4.78 is 11.7. The fourth-order valence-corrected chi connectivity index (χ4v) is 7.97. The second-order valence-electron chi connectivity index (χ2n) is 10.7. The van der Waals surface area contributed by atoms with Gasteiger partial charge in [0.25, 0.3) is 11.8 Å². The van der Waals surface area contributed by atoms with E-state index in [0.717, 1.165) is 36.4 Å². The Morgan fingerprint density at radius 3 is 2.44 bits per heavy atom. The van der Waals surface area contributed by atoms with Crippen molar-refractivity contribution >= 4 is 17.7 Å². The molecule has 2 heterocycles. The quantitative estimate of drug-likeness (QED) is 0.556. The van der Waals surface area contributed by atoms with Gasteiger partial charge in [-0.15, -0.1) is 0 Å². The Balaban J connectivity index is 1.17. The van der Waals surface area contributed by atoms with Crippen molar-refractivity contribution in [3.8, 4) is 5.88 Å². The number of carbonyl (C=O) groups excluding carboxylic acids is 1. The molecule has 4 aliphatic carbocycles. The Bertz CT molecular complexity index is 960. The molecule has 7 rings (SSSR count). The first kappa shape index (κ1) is 22.5. The standard InChI is InChI=1S/C27H35N3O3S/c31-26(28-23-20-14-18-13-19(16-20)17-21(23)15-18)24-25(34-22-7-3-1-4-8-22)27(29-33-24)32-12-11-30-9-5-2-6-10-30/h1,3-4,7-8,18-21,23H,2,5-6,9-17H2,(H,28,31). The van der Waals surface area contributed by atoms with Crippen LogP contribution in [-0.4, -0.2) is 48.2 Å². The second-order valence-corrected chi connectivity index (χ2v) is 11.8. The van der Waals surface area contributed by atoms with Gasteiger partial charge in [-0.25, -0.2) is 0 Å².